The molecule has 0 heterocycles. The van der Waals surface area contributed by atoms with E-state index in [1.165, 1.54) is 19.3 Å². The Balaban J connectivity index is 2.29. The lowest BCUT2D eigenvalue weighted by atomic mass is 10.0. The van der Waals surface area contributed by atoms with Crippen LogP contribution >= 0.6 is 0 Å². The average Bonchev–Trinajstić information content (AvgIpc) is 2.67. The zero-order chi connectivity index (χ0) is 8.43. The van der Waals surface area contributed by atoms with Gasteiger partial charge in [-0.2, -0.15) is 0 Å². The highest BCUT2D eigenvalue weighted by atomic mass is 14.4. The quantitative estimate of drug-likeness (QED) is 0.540. The van der Waals surface area contributed by atoms with Gasteiger partial charge >= 0.3 is 0 Å². The molecular weight excluding hydrogens is 132 g/mol. The second kappa shape index (κ2) is 3.42. The van der Waals surface area contributed by atoms with Crippen LogP contribution in [-0.4, -0.2) is 0 Å². The molecule has 0 nitrogen and oxygen atoms in total. The zero-order valence-corrected chi connectivity index (χ0v) is 8.28. The van der Waals surface area contributed by atoms with Gasteiger partial charge < -0.3 is 0 Å². The molecule has 0 heteroatoms. The standard InChI is InChI=1S/C11H20/c1-5-9(4)6-10-7-11(10)8(2)3/h9-10H,5-7H2,1-4H3. The molecule has 0 aromatic heterocycles. The van der Waals surface area contributed by atoms with Crippen LogP contribution in [0.5, 0.6) is 0 Å². The maximum absolute atomic E-state index is 2.36. The van der Waals surface area contributed by atoms with Gasteiger partial charge in [0.15, 0.2) is 0 Å². The van der Waals surface area contributed by atoms with E-state index in [-0.39, 0.29) is 0 Å². The number of rotatable bonds is 3. The summed E-state index contributed by atoms with van der Waals surface area (Å²) in [4.78, 5) is 0. The third kappa shape index (κ3) is 2.36. The maximum Gasteiger partial charge on any atom is -0.0161 e. The number of hydrogen-bond acceptors (Lipinski definition) is 0. The van der Waals surface area contributed by atoms with Crippen LogP contribution in [0, 0.1) is 11.8 Å². The van der Waals surface area contributed by atoms with E-state index in [2.05, 4.69) is 27.7 Å². The molecular formula is C11H20. The molecule has 11 heavy (non-hydrogen) atoms. The highest BCUT2D eigenvalue weighted by Crippen LogP contribution is 2.44. The van der Waals surface area contributed by atoms with Crippen molar-refractivity contribution in [2.24, 2.45) is 11.8 Å². The van der Waals surface area contributed by atoms with E-state index in [4.69, 9.17) is 0 Å². The Morgan fingerprint density at radius 3 is 2.55 bits per heavy atom. The molecule has 1 fully saturated rings. The first-order chi connectivity index (χ1) is 5.15. The van der Waals surface area contributed by atoms with Crippen LogP contribution in [0.25, 0.3) is 0 Å². The summed E-state index contributed by atoms with van der Waals surface area (Å²) in [5.74, 6) is 1.90. The lowest BCUT2D eigenvalue weighted by Crippen LogP contribution is -1.92. The van der Waals surface area contributed by atoms with E-state index in [0.717, 1.165) is 11.8 Å². The Kier molecular flexibility index (Phi) is 2.75. The van der Waals surface area contributed by atoms with E-state index < -0.39 is 0 Å². The van der Waals surface area contributed by atoms with Crippen LogP contribution in [0.2, 0.25) is 0 Å². The van der Waals surface area contributed by atoms with Gasteiger partial charge in [0.2, 0.25) is 0 Å². The summed E-state index contributed by atoms with van der Waals surface area (Å²) in [6, 6.07) is 0. The Hall–Kier alpha value is -0.260. The highest BCUT2D eigenvalue weighted by molar-refractivity contribution is 5.27. The molecule has 0 amide bonds. The van der Waals surface area contributed by atoms with Crippen LogP contribution < -0.4 is 0 Å². The van der Waals surface area contributed by atoms with Crippen LogP contribution in [0.1, 0.15) is 47.0 Å². The lowest BCUT2D eigenvalue weighted by molar-refractivity contribution is 0.489. The topological polar surface area (TPSA) is 0 Å². The van der Waals surface area contributed by atoms with E-state index in [0.29, 0.717) is 0 Å². The summed E-state index contributed by atoms with van der Waals surface area (Å²) in [5, 5.41) is 0. The smallest absolute Gasteiger partial charge is 0.0161 e. The fourth-order valence-electron chi connectivity index (χ4n) is 1.70. The van der Waals surface area contributed by atoms with Gasteiger partial charge in [0, 0.05) is 0 Å². The first-order valence-corrected chi connectivity index (χ1v) is 4.81. The number of hydrogen-bond donors (Lipinski definition) is 0. The average molecular weight is 152 g/mol. The van der Waals surface area contributed by atoms with Gasteiger partial charge in [-0.25, -0.2) is 0 Å². The van der Waals surface area contributed by atoms with Crippen LogP contribution in [-0.2, 0) is 0 Å². The third-order valence-corrected chi connectivity index (χ3v) is 2.83. The molecule has 0 spiro atoms. The van der Waals surface area contributed by atoms with Crippen molar-refractivity contribution in [1.82, 2.24) is 0 Å². The zero-order valence-electron chi connectivity index (χ0n) is 8.28. The minimum atomic E-state index is 0.928. The van der Waals surface area contributed by atoms with E-state index in [1.54, 1.807) is 11.1 Å². The van der Waals surface area contributed by atoms with Crippen LogP contribution in [0.3, 0.4) is 0 Å². The summed E-state index contributed by atoms with van der Waals surface area (Å²) < 4.78 is 0. The first-order valence-electron chi connectivity index (χ1n) is 4.81. The monoisotopic (exact) mass is 152 g/mol. The molecule has 64 valence electrons. The van der Waals surface area contributed by atoms with Gasteiger partial charge in [-0.05, 0) is 38.5 Å². The van der Waals surface area contributed by atoms with Crippen LogP contribution in [0.4, 0.5) is 0 Å². The second-order valence-corrected chi connectivity index (χ2v) is 4.18. The van der Waals surface area contributed by atoms with Gasteiger partial charge in [0.1, 0.15) is 0 Å². The molecule has 1 rings (SSSR count). The predicted octanol–water partition coefficient (Wildman–Crippen LogP) is 3.78. The minimum Gasteiger partial charge on any atom is -0.0769 e. The van der Waals surface area contributed by atoms with Gasteiger partial charge in [-0.1, -0.05) is 31.4 Å². The molecule has 0 bridgehead atoms. The molecule has 0 aromatic rings. The van der Waals surface area contributed by atoms with E-state index in [9.17, 15) is 0 Å². The molecule has 1 saturated carbocycles. The van der Waals surface area contributed by atoms with Gasteiger partial charge in [0.05, 0.1) is 0 Å². The molecule has 1 aliphatic rings. The molecule has 0 saturated heterocycles. The summed E-state index contributed by atoms with van der Waals surface area (Å²) >= 11 is 0. The molecule has 0 N–H and O–H groups in total. The Morgan fingerprint density at radius 1 is 1.55 bits per heavy atom. The molecule has 2 atom stereocenters. The molecule has 2 unspecified atom stereocenters. The van der Waals surface area contributed by atoms with Gasteiger partial charge in [-0.3, -0.25) is 0 Å². The van der Waals surface area contributed by atoms with Gasteiger partial charge in [0.25, 0.3) is 0 Å². The van der Waals surface area contributed by atoms with E-state index in [1.807, 2.05) is 0 Å². The third-order valence-electron chi connectivity index (χ3n) is 2.83. The van der Waals surface area contributed by atoms with Crippen molar-refractivity contribution in [2.45, 2.75) is 47.0 Å². The lowest BCUT2D eigenvalue weighted by Gasteiger charge is -2.04. The Bertz CT molecular complexity index is 161. The molecule has 0 radical (unpaired) electrons. The van der Waals surface area contributed by atoms with Crippen molar-refractivity contribution in [2.75, 3.05) is 0 Å². The normalized spacial score (nSPS) is 25.1. The fourth-order valence-corrected chi connectivity index (χ4v) is 1.70. The van der Waals surface area contributed by atoms with E-state index >= 15 is 0 Å². The summed E-state index contributed by atoms with van der Waals surface area (Å²) in [6.45, 7) is 9.13. The largest absolute Gasteiger partial charge is 0.0769 e. The van der Waals surface area contributed by atoms with Crippen molar-refractivity contribution < 1.29 is 0 Å². The minimum absolute atomic E-state index is 0.928. The highest BCUT2D eigenvalue weighted by Gasteiger charge is 2.30. The predicted molar refractivity (Wildman–Crippen MR) is 50.6 cm³/mol. The Labute approximate surface area is 70.7 Å². The second-order valence-electron chi connectivity index (χ2n) is 4.18. The van der Waals surface area contributed by atoms with Crippen molar-refractivity contribution >= 4 is 0 Å². The molecule has 0 aromatic carbocycles. The Morgan fingerprint density at radius 2 is 2.18 bits per heavy atom. The maximum atomic E-state index is 2.36. The fraction of sp³-hybridized carbons (Fsp3) is 0.818. The van der Waals surface area contributed by atoms with Crippen molar-refractivity contribution in [1.29, 1.82) is 0 Å². The van der Waals surface area contributed by atoms with Crippen molar-refractivity contribution in [3.05, 3.63) is 11.1 Å². The first kappa shape index (κ1) is 8.83. The number of allylic oxidation sites excluding steroid dienone is 2. The molecule has 1 aliphatic carbocycles. The van der Waals surface area contributed by atoms with Crippen LogP contribution in [0.15, 0.2) is 11.1 Å². The van der Waals surface area contributed by atoms with Crippen molar-refractivity contribution in [3.63, 3.8) is 0 Å². The summed E-state index contributed by atoms with van der Waals surface area (Å²) in [6.07, 6.45) is 4.16. The van der Waals surface area contributed by atoms with Gasteiger partial charge in [-0.15, -0.1) is 0 Å². The molecule has 0 aliphatic heterocycles. The van der Waals surface area contributed by atoms with Crippen molar-refractivity contribution in [3.8, 4) is 0 Å². The summed E-state index contributed by atoms with van der Waals surface area (Å²) in [7, 11) is 0. The SMILES string of the molecule is CCC(C)CC1CC1=C(C)C. The summed E-state index contributed by atoms with van der Waals surface area (Å²) in [5.41, 5.74) is 3.31.